The number of hydrogen-bond donors (Lipinski definition) is 0. The minimum absolute atomic E-state index is 0.00530. The van der Waals surface area contributed by atoms with Crippen LogP contribution in [0.2, 0.25) is 5.15 Å². The van der Waals surface area contributed by atoms with Crippen molar-refractivity contribution in [3.05, 3.63) is 88.8 Å². The van der Waals surface area contributed by atoms with Crippen LogP contribution >= 0.6 is 11.6 Å². The zero-order valence-corrected chi connectivity index (χ0v) is 23.7. The molecule has 3 aromatic heterocycles. The maximum absolute atomic E-state index is 12.6. The van der Waals surface area contributed by atoms with Crippen LogP contribution in [0, 0.1) is 0 Å². The number of halogens is 4. The second kappa shape index (κ2) is 10.9. The summed E-state index contributed by atoms with van der Waals surface area (Å²) in [6.07, 6.45) is -4.49. The first-order valence-corrected chi connectivity index (χ1v) is 14.3. The van der Waals surface area contributed by atoms with Gasteiger partial charge in [-0.05, 0) is 30.7 Å². The van der Waals surface area contributed by atoms with Crippen LogP contribution in [0.1, 0.15) is 40.0 Å². The van der Waals surface area contributed by atoms with Crippen molar-refractivity contribution in [1.29, 1.82) is 0 Å². The third-order valence-electron chi connectivity index (χ3n) is 7.87. The number of carbonyl (C=O) groups is 2. The second-order valence-electron chi connectivity index (χ2n) is 10.7. The molecule has 0 unspecified atom stereocenters. The van der Waals surface area contributed by atoms with E-state index in [0.29, 0.717) is 43.2 Å². The summed E-state index contributed by atoms with van der Waals surface area (Å²) < 4.78 is 49.0. The van der Waals surface area contributed by atoms with Gasteiger partial charge < -0.3 is 14.4 Å². The van der Waals surface area contributed by atoms with Gasteiger partial charge in [-0.15, -0.1) is 0 Å². The normalized spacial score (nSPS) is 18.5. The summed E-state index contributed by atoms with van der Waals surface area (Å²) in [5.41, 5.74) is 5.03. The zero-order valence-electron chi connectivity index (χ0n) is 22.9. The number of hydrogen-bond acceptors (Lipinski definition) is 8. The number of fused-ring (bicyclic) bond motifs is 2. The van der Waals surface area contributed by atoms with Crippen LogP contribution in [-0.4, -0.2) is 64.0 Å². The number of carbonyl (C=O) groups excluding carboxylic acids is 2. The highest BCUT2D eigenvalue weighted by Crippen LogP contribution is 2.56. The maximum atomic E-state index is 12.6. The number of aromatic nitrogens is 4. The van der Waals surface area contributed by atoms with E-state index in [1.54, 1.807) is 22.7 Å². The molecule has 0 spiro atoms. The van der Waals surface area contributed by atoms with Crippen LogP contribution in [0.15, 0.2) is 66.7 Å². The molecule has 1 saturated carbocycles. The number of imidazole rings is 1. The number of morpholine rings is 1. The highest BCUT2D eigenvalue weighted by molar-refractivity contribution is 6.29. The van der Waals surface area contributed by atoms with Gasteiger partial charge in [0.15, 0.2) is 10.8 Å². The smallest absolute Gasteiger partial charge is 0.383 e. The number of esters is 2. The summed E-state index contributed by atoms with van der Waals surface area (Å²) in [5, 5.41) is 5.88. The van der Waals surface area contributed by atoms with Gasteiger partial charge in [0.25, 0.3) is 0 Å². The van der Waals surface area contributed by atoms with Crippen LogP contribution in [0.3, 0.4) is 0 Å². The number of benzene rings is 2. The fourth-order valence-electron chi connectivity index (χ4n) is 5.64. The Kier molecular flexibility index (Phi) is 6.97. The molecule has 0 amide bonds. The van der Waals surface area contributed by atoms with E-state index in [1.807, 2.05) is 30.3 Å². The van der Waals surface area contributed by atoms with E-state index in [4.69, 9.17) is 26.3 Å². The van der Waals surface area contributed by atoms with Crippen LogP contribution < -0.4 is 4.90 Å². The summed E-state index contributed by atoms with van der Waals surface area (Å²) in [6.45, 7) is 2.40. The van der Waals surface area contributed by atoms with Crippen molar-refractivity contribution < 1.29 is 32.2 Å². The lowest BCUT2D eigenvalue weighted by Gasteiger charge is -2.28. The van der Waals surface area contributed by atoms with Crippen molar-refractivity contribution in [3.63, 3.8) is 0 Å². The molecule has 7 rings (SSSR count). The van der Waals surface area contributed by atoms with E-state index >= 15 is 0 Å². The minimum atomic E-state index is -5.29. The lowest BCUT2D eigenvalue weighted by atomic mass is 10.0. The van der Waals surface area contributed by atoms with Crippen molar-refractivity contribution in [2.24, 2.45) is 0 Å². The summed E-state index contributed by atoms with van der Waals surface area (Å²) >= 11 is 6.53. The van der Waals surface area contributed by atoms with Gasteiger partial charge >= 0.3 is 18.1 Å². The standard InChI is InChI=1S/C31H23ClF3N5O4/c32-25-16-24(39-11-13-43-14-12-39)28-37-26(21-15-20(21)23-10-9-17-3-1-2-4-22(17)36-23)27(40(28)38-25)18-5-7-19(8-6-18)29(41)44-30(42)31(33,34)35/h1-10,16,20-21H,11-15H2/t20-,21+/m0/s1. The van der Waals surface area contributed by atoms with Gasteiger partial charge in [-0.25, -0.2) is 19.1 Å². The highest BCUT2D eigenvalue weighted by Gasteiger charge is 2.45. The first-order chi connectivity index (χ1) is 21.2. The molecule has 44 heavy (non-hydrogen) atoms. The quantitative estimate of drug-likeness (QED) is 0.175. The predicted molar refractivity (Wildman–Crippen MR) is 155 cm³/mol. The van der Waals surface area contributed by atoms with Crippen molar-refractivity contribution in [2.45, 2.75) is 24.4 Å². The van der Waals surface area contributed by atoms with Gasteiger partial charge in [-0.2, -0.15) is 18.3 Å². The predicted octanol–water partition coefficient (Wildman–Crippen LogP) is 5.95. The Morgan fingerprint density at radius 3 is 2.45 bits per heavy atom. The van der Waals surface area contributed by atoms with E-state index in [2.05, 4.69) is 20.8 Å². The lowest BCUT2D eigenvalue weighted by molar-refractivity contribution is -0.193. The molecule has 2 fully saturated rings. The number of alkyl halides is 3. The van der Waals surface area contributed by atoms with E-state index in [-0.39, 0.29) is 22.6 Å². The molecule has 0 radical (unpaired) electrons. The molecular formula is C31H23ClF3N5O4. The number of anilines is 1. The molecule has 0 bridgehead atoms. The Bertz CT molecular complexity index is 1920. The summed E-state index contributed by atoms with van der Waals surface area (Å²) in [5.74, 6) is -3.87. The molecule has 1 saturated heterocycles. The second-order valence-corrected chi connectivity index (χ2v) is 11.0. The SMILES string of the molecule is O=C(OC(=O)C(F)(F)F)c1ccc(-c2c([C@@H]3C[C@@H]3c3ccc4ccccc4n3)nc3c(N4CCOCC4)cc(Cl)nn23)cc1. The Hall–Kier alpha value is -4.55. The number of para-hydroxylation sites is 1. The monoisotopic (exact) mass is 621 g/mol. The fourth-order valence-corrected chi connectivity index (χ4v) is 5.82. The summed E-state index contributed by atoms with van der Waals surface area (Å²) in [4.78, 5) is 35.5. The molecular weight excluding hydrogens is 599 g/mol. The number of rotatable bonds is 5. The van der Waals surface area contributed by atoms with E-state index in [0.717, 1.165) is 34.4 Å². The van der Waals surface area contributed by atoms with Crippen molar-refractivity contribution in [1.82, 2.24) is 19.6 Å². The molecule has 13 heteroatoms. The molecule has 2 aliphatic rings. The zero-order chi connectivity index (χ0) is 30.6. The van der Waals surface area contributed by atoms with Gasteiger partial charge in [0, 0.05) is 47.6 Å². The van der Waals surface area contributed by atoms with Gasteiger partial charge in [-0.1, -0.05) is 48.0 Å². The van der Waals surface area contributed by atoms with Gasteiger partial charge in [0.05, 0.1) is 41.4 Å². The topological polar surface area (TPSA) is 98.9 Å². The molecule has 2 atom stereocenters. The molecule has 1 aliphatic carbocycles. The average molecular weight is 622 g/mol. The van der Waals surface area contributed by atoms with Gasteiger partial charge in [0.1, 0.15) is 0 Å². The van der Waals surface area contributed by atoms with Gasteiger partial charge in [-0.3, -0.25) is 4.98 Å². The first kappa shape index (κ1) is 28.2. The van der Waals surface area contributed by atoms with E-state index in [1.165, 1.54) is 12.1 Å². The molecule has 1 aliphatic heterocycles. The third kappa shape index (κ3) is 5.24. The van der Waals surface area contributed by atoms with Crippen LogP contribution in [-0.2, 0) is 14.3 Å². The fraction of sp³-hybridized carbons (Fsp3) is 0.258. The lowest BCUT2D eigenvalue weighted by Crippen LogP contribution is -2.36. The Labute approximate surface area is 253 Å². The molecule has 9 nitrogen and oxygen atoms in total. The third-order valence-corrected chi connectivity index (χ3v) is 8.05. The Morgan fingerprint density at radius 1 is 0.955 bits per heavy atom. The summed E-state index contributed by atoms with van der Waals surface area (Å²) in [6, 6.07) is 19.5. The number of ether oxygens (including phenoxy) is 2. The maximum Gasteiger partial charge on any atom is 0.491 e. The van der Waals surface area contributed by atoms with Crippen molar-refractivity contribution >= 4 is 45.8 Å². The Balaban J connectivity index is 1.30. The number of nitrogens with zero attached hydrogens (tertiary/aromatic N) is 5. The molecule has 0 N–H and O–H groups in total. The molecule has 4 heterocycles. The highest BCUT2D eigenvalue weighted by atomic mass is 35.5. The average Bonchev–Trinajstić information content (AvgIpc) is 3.73. The number of pyridine rings is 1. The van der Waals surface area contributed by atoms with Crippen LogP contribution in [0.5, 0.6) is 0 Å². The minimum Gasteiger partial charge on any atom is -0.383 e. The summed E-state index contributed by atoms with van der Waals surface area (Å²) in [7, 11) is 0. The molecule has 5 aromatic rings. The first-order valence-electron chi connectivity index (χ1n) is 13.9. The van der Waals surface area contributed by atoms with Crippen LogP contribution in [0.25, 0.3) is 27.8 Å². The van der Waals surface area contributed by atoms with Gasteiger partial charge in [0.2, 0.25) is 0 Å². The molecule has 2 aromatic carbocycles. The van der Waals surface area contributed by atoms with Crippen molar-refractivity contribution in [3.8, 4) is 11.3 Å². The van der Waals surface area contributed by atoms with Crippen LogP contribution in [0.4, 0.5) is 18.9 Å². The largest absolute Gasteiger partial charge is 0.491 e. The van der Waals surface area contributed by atoms with E-state index in [9.17, 15) is 22.8 Å². The Morgan fingerprint density at radius 2 is 1.70 bits per heavy atom. The van der Waals surface area contributed by atoms with Crippen molar-refractivity contribution in [2.75, 3.05) is 31.2 Å². The van der Waals surface area contributed by atoms with E-state index < -0.39 is 18.1 Å². The molecule has 224 valence electrons.